The summed E-state index contributed by atoms with van der Waals surface area (Å²) in [5.74, 6) is 1.98. The van der Waals surface area contributed by atoms with Crippen LogP contribution in [0.3, 0.4) is 0 Å². The molecule has 32 heavy (non-hydrogen) atoms. The maximum absolute atomic E-state index is 13.5. The van der Waals surface area contributed by atoms with Gasteiger partial charge in [0.25, 0.3) is 5.91 Å². The molecule has 1 aromatic rings. The molecule has 1 aromatic heterocycles. The topological polar surface area (TPSA) is 121 Å². The quantitative estimate of drug-likeness (QED) is 0.355. The Morgan fingerprint density at radius 2 is 2.03 bits per heavy atom. The van der Waals surface area contributed by atoms with E-state index in [1.807, 2.05) is 20.8 Å². The van der Waals surface area contributed by atoms with Crippen molar-refractivity contribution in [2.45, 2.75) is 70.3 Å². The van der Waals surface area contributed by atoms with E-state index < -0.39 is 23.3 Å². The summed E-state index contributed by atoms with van der Waals surface area (Å²) in [7, 11) is 1.56. The van der Waals surface area contributed by atoms with E-state index in [0.29, 0.717) is 31.4 Å². The number of H-pyrrole nitrogens is 1. The molecule has 2 amide bonds. The number of amides is 2. The summed E-state index contributed by atoms with van der Waals surface area (Å²) in [5, 5.41) is 18.0. The Hall–Kier alpha value is -2.77. The van der Waals surface area contributed by atoms with Crippen molar-refractivity contribution >= 4 is 11.8 Å². The normalized spacial score (nSPS) is 16.1. The first-order valence-corrected chi connectivity index (χ1v) is 10.7. The molecule has 2 rings (SSSR count). The fourth-order valence-electron chi connectivity index (χ4n) is 3.27. The second-order valence-electron chi connectivity index (χ2n) is 8.85. The van der Waals surface area contributed by atoms with Crippen molar-refractivity contribution in [2.24, 2.45) is 10.2 Å². The van der Waals surface area contributed by atoms with Gasteiger partial charge in [-0.15, -0.1) is 12.3 Å². The summed E-state index contributed by atoms with van der Waals surface area (Å²) in [6.07, 6.45) is 9.38. The first-order chi connectivity index (χ1) is 15.1. The minimum atomic E-state index is -0.891. The van der Waals surface area contributed by atoms with Gasteiger partial charge in [0.1, 0.15) is 12.1 Å². The molecule has 0 fully saturated rings. The van der Waals surface area contributed by atoms with E-state index >= 15 is 0 Å². The monoisotopic (exact) mass is 446 g/mol. The summed E-state index contributed by atoms with van der Waals surface area (Å²) in [6.45, 7) is 8.20. The summed E-state index contributed by atoms with van der Waals surface area (Å²) in [5.41, 5.74) is -0.498. The first-order valence-electron chi connectivity index (χ1n) is 10.7. The maximum Gasteiger partial charge on any atom is 0.252 e. The Bertz CT molecular complexity index is 818. The van der Waals surface area contributed by atoms with Crippen LogP contribution in [-0.2, 0) is 19.1 Å². The number of ether oxygens (including phenoxy) is 2. The van der Waals surface area contributed by atoms with Crippen molar-refractivity contribution in [3.8, 4) is 12.3 Å². The lowest BCUT2D eigenvalue weighted by molar-refractivity contribution is -0.150. The van der Waals surface area contributed by atoms with Gasteiger partial charge in [-0.1, -0.05) is 0 Å². The Morgan fingerprint density at radius 1 is 1.31 bits per heavy atom. The highest BCUT2D eigenvalue weighted by atomic mass is 16.5. The average Bonchev–Trinajstić information content (AvgIpc) is 3.29. The van der Waals surface area contributed by atoms with Crippen molar-refractivity contribution in [1.29, 1.82) is 0 Å². The number of terminal acetylenes is 1. The van der Waals surface area contributed by atoms with E-state index in [1.54, 1.807) is 26.4 Å². The number of carbonyl (C=O) groups excluding carboxylic acids is 2. The number of aromatic amines is 1. The Kier molecular flexibility index (Phi) is 8.92. The molecule has 0 spiro atoms. The molecule has 0 bridgehead atoms. The van der Waals surface area contributed by atoms with Gasteiger partial charge in [-0.3, -0.25) is 14.7 Å². The fraction of sp³-hybridized carbons (Fsp3) is 0.682. The van der Waals surface area contributed by atoms with Gasteiger partial charge in [0.15, 0.2) is 5.66 Å². The van der Waals surface area contributed by atoms with Crippen LogP contribution in [0.2, 0.25) is 0 Å². The van der Waals surface area contributed by atoms with Crippen molar-refractivity contribution in [1.82, 2.24) is 20.4 Å². The largest absolute Gasteiger partial charge is 0.382 e. The summed E-state index contributed by atoms with van der Waals surface area (Å²) in [6, 6.07) is -0.891. The molecule has 2 unspecified atom stereocenters. The van der Waals surface area contributed by atoms with Gasteiger partial charge in [-0.25, -0.2) is 0 Å². The molecule has 176 valence electrons. The third-order valence-corrected chi connectivity index (χ3v) is 4.99. The highest BCUT2D eigenvalue weighted by molar-refractivity contribution is 5.90. The van der Waals surface area contributed by atoms with Gasteiger partial charge in [-0.2, -0.15) is 15.3 Å². The van der Waals surface area contributed by atoms with Gasteiger partial charge >= 0.3 is 0 Å². The Balaban J connectivity index is 2.29. The molecule has 0 radical (unpaired) electrons. The first kappa shape index (κ1) is 25.5. The van der Waals surface area contributed by atoms with Crippen LogP contribution in [0.15, 0.2) is 22.6 Å². The molecular weight excluding hydrogens is 412 g/mol. The minimum absolute atomic E-state index is 0.252. The summed E-state index contributed by atoms with van der Waals surface area (Å²) in [4.78, 5) is 28.3. The SMILES string of the molecule is C#CCCC1(CCN(C(=O)C(C)OCCOC)C(C(=O)NC(C)(C)C)c2cn[nH]c2)N=N1. The number of rotatable bonds is 13. The number of hydrogen-bond acceptors (Lipinski definition) is 7. The zero-order valence-electron chi connectivity index (χ0n) is 19.6. The van der Waals surface area contributed by atoms with Crippen LogP contribution >= 0.6 is 0 Å². The maximum atomic E-state index is 13.5. The lowest BCUT2D eigenvalue weighted by atomic mass is 10.0. The molecule has 10 heteroatoms. The van der Waals surface area contributed by atoms with Gasteiger partial charge in [0.05, 0.1) is 19.4 Å². The third-order valence-electron chi connectivity index (χ3n) is 4.99. The molecular formula is C22H34N6O4. The highest BCUT2D eigenvalue weighted by Gasteiger charge is 2.42. The number of methoxy groups -OCH3 is 1. The lowest BCUT2D eigenvalue weighted by Crippen LogP contribution is -2.51. The molecule has 0 saturated carbocycles. The van der Waals surface area contributed by atoms with Gasteiger partial charge in [0, 0.05) is 50.2 Å². The molecule has 0 aliphatic carbocycles. The van der Waals surface area contributed by atoms with Crippen molar-refractivity contribution in [3.63, 3.8) is 0 Å². The van der Waals surface area contributed by atoms with Crippen molar-refractivity contribution in [2.75, 3.05) is 26.9 Å². The predicted octanol–water partition coefficient (Wildman–Crippen LogP) is 2.21. The fourth-order valence-corrected chi connectivity index (χ4v) is 3.27. The highest BCUT2D eigenvalue weighted by Crippen LogP contribution is 2.37. The van der Waals surface area contributed by atoms with E-state index in [4.69, 9.17) is 15.9 Å². The van der Waals surface area contributed by atoms with E-state index in [1.165, 1.54) is 4.90 Å². The zero-order valence-corrected chi connectivity index (χ0v) is 19.6. The average molecular weight is 447 g/mol. The van der Waals surface area contributed by atoms with Crippen LogP contribution in [0.5, 0.6) is 0 Å². The molecule has 2 atom stereocenters. The van der Waals surface area contributed by atoms with E-state index in [0.717, 1.165) is 0 Å². The Labute approximate surface area is 189 Å². The standard InChI is InChI=1S/C22H34N6O4/c1-7-8-9-22(26-27-22)10-11-28(20(30)16(2)32-13-12-31-6)18(17-14-23-24-15-17)19(29)25-21(3,4)5/h1,14-16,18H,8-13H2,2-6H3,(H,23,24)(H,25,29). The predicted molar refractivity (Wildman–Crippen MR) is 118 cm³/mol. The number of hydrogen-bond donors (Lipinski definition) is 2. The van der Waals surface area contributed by atoms with Crippen LogP contribution in [0.25, 0.3) is 0 Å². The third kappa shape index (κ3) is 7.43. The van der Waals surface area contributed by atoms with Crippen LogP contribution in [0.4, 0.5) is 0 Å². The van der Waals surface area contributed by atoms with Crippen LogP contribution in [0.1, 0.15) is 58.6 Å². The molecule has 10 nitrogen and oxygen atoms in total. The second-order valence-corrected chi connectivity index (χ2v) is 8.85. The number of carbonyl (C=O) groups is 2. The summed E-state index contributed by atoms with van der Waals surface area (Å²) < 4.78 is 10.6. The van der Waals surface area contributed by atoms with Gasteiger partial charge in [-0.05, 0) is 27.7 Å². The van der Waals surface area contributed by atoms with Crippen LogP contribution < -0.4 is 5.32 Å². The molecule has 1 aliphatic heterocycles. The van der Waals surface area contributed by atoms with Gasteiger partial charge < -0.3 is 19.7 Å². The Morgan fingerprint density at radius 3 is 2.56 bits per heavy atom. The summed E-state index contributed by atoms with van der Waals surface area (Å²) >= 11 is 0. The second kappa shape index (κ2) is 11.2. The molecule has 2 N–H and O–H groups in total. The van der Waals surface area contributed by atoms with Gasteiger partial charge in [0.2, 0.25) is 5.91 Å². The molecule has 2 heterocycles. The van der Waals surface area contributed by atoms with Crippen LogP contribution in [0, 0.1) is 12.3 Å². The minimum Gasteiger partial charge on any atom is -0.382 e. The molecule has 0 saturated heterocycles. The van der Waals surface area contributed by atoms with Crippen molar-refractivity contribution in [3.05, 3.63) is 18.0 Å². The number of nitrogens with zero attached hydrogens (tertiary/aromatic N) is 4. The van der Waals surface area contributed by atoms with Crippen LogP contribution in [-0.4, -0.2) is 71.1 Å². The lowest BCUT2D eigenvalue weighted by Gasteiger charge is -2.34. The molecule has 0 aromatic carbocycles. The van der Waals surface area contributed by atoms with Crippen molar-refractivity contribution < 1.29 is 19.1 Å². The zero-order chi connectivity index (χ0) is 23.8. The van der Waals surface area contributed by atoms with E-state index in [9.17, 15) is 9.59 Å². The van der Waals surface area contributed by atoms with E-state index in [2.05, 4.69) is 31.7 Å². The smallest absolute Gasteiger partial charge is 0.252 e. The molecule has 1 aliphatic rings. The number of nitrogens with one attached hydrogen (secondary N) is 2. The number of aromatic nitrogens is 2. The van der Waals surface area contributed by atoms with E-state index in [-0.39, 0.29) is 25.0 Å².